The van der Waals surface area contributed by atoms with E-state index in [-0.39, 0.29) is 18.9 Å². The fraction of sp³-hybridized carbons (Fsp3) is 0.308. The van der Waals surface area contributed by atoms with Crippen molar-refractivity contribution in [3.63, 3.8) is 0 Å². The lowest BCUT2D eigenvalue weighted by atomic mass is 10.1. The van der Waals surface area contributed by atoms with Crippen LogP contribution in [0.2, 0.25) is 0 Å². The first kappa shape index (κ1) is 14.7. The van der Waals surface area contributed by atoms with Gasteiger partial charge in [0, 0.05) is 17.3 Å². The van der Waals surface area contributed by atoms with Gasteiger partial charge in [-0.05, 0) is 13.0 Å². The summed E-state index contributed by atoms with van der Waals surface area (Å²) in [5.41, 5.74) is 1.26. The predicted molar refractivity (Wildman–Crippen MR) is 67.5 cm³/mol. The quantitative estimate of drug-likeness (QED) is 0.611. The number of methoxy groups -OCH3 is 1. The molecule has 0 atom stereocenters. The van der Waals surface area contributed by atoms with Crippen LogP contribution in [0, 0.1) is 11.8 Å². The van der Waals surface area contributed by atoms with Crippen molar-refractivity contribution in [2.24, 2.45) is 0 Å². The summed E-state index contributed by atoms with van der Waals surface area (Å²) in [4.78, 5) is 26.0. The van der Waals surface area contributed by atoms with Gasteiger partial charge in [-0.3, -0.25) is 9.78 Å². The van der Waals surface area contributed by atoms with Gasteiger partial charge in [-0.15, -0.1) is 0 Å². The summed E-state index contributed by atoms with van der Waals surface area (Å²) in [7, 11) is 1.26. The second-order valence-electron chi connectivity index (χ2n) is 3.58. The molecule has 1 heterocycles. The van der Waals surface area contributed by atoms with E-state index in [0.29, 0.717) is 16.8 Å². The van der Waals surface area contributed by atoms with E-state index < -0.39 is 6.09 Å². The average molecular weight is 262 g/mol. The summed E-state index contributed by atoms with van der Waals surface area (Å²) in [6, 6.07) is 1.56. The highest BCUT2D eigenvalue weighted by molar-refractivity contribution is 5.94. The first-order valence-corrected chi connectivity index (χ1v) is 5.50. The van der Waals surface area contributed by atoms with Crippen LogP contribution in [0.25, 0.3) is 0 Å². The van der Waals surface area contributed by atoms with Crippen molar-refractivity contribution in [2.75, 3.05) is 13.7 Å². The van der Waals surface area contributed by atoms with E-state index in [2.05, 4.69) is 26.9 Å². The highest BCUT2D eigenvalue weighted by atomic mass is 16.5. The Morgan fingerprint density at radius 1 is 1.53 bits per heavy atom. The monoisotopic (exact) mass is 262 g/mol. The number of Topliss-reactive ketones (excluding diaryl/α,β-unsaturated/α-hetero) is 1. The molecule has 1 amide bonds. The summed E-state index contributed by atoms with van der Waals surface area (Å²) in [5.74, 6) is 5.30. The van der Waals surface area contributed by atoms with Crippen molar-refractivity contribution in [2.45, 2.75) is 13.5 Å². The van der Waals surface area contributed by atoms with Crippen molar-refractivity contribution < 1.29 is 19.4 Å². The van der Waals surface area contributed by atoms with Gasteiger partial charge in [-0.2, -0.15) is 0 Å². The fourth-order valence-electron chi connectivity index (χ4n) is 1.25. The Hall–Kier alpha value is -2.39. The zero-order chi connectivity index (χ0) is 14.3. The van der Waals surface area contributed by atoms with Crippen LogP contribution in [-0.2, 0) is 11.3 Å². The van der Waals surface area contributed by atoms with E-state index in [0.717, 1.165) is 0 Å². The third-order valence-electron chi connectivity index (χ3n) is 2.26. The van der Waals surface area contributed by atoms with Gasteiger partial charge in [0.1, 0.15) is 0 Å². The molecule has 19 heavy (non-hydrogen) atoms. The molecule has 100 valence electrons. The number of amides is 1. The fourth-order valence-corrected chi connectivity index (χ4v) is 1.25. The van der Waals surface area contributed by atoms with Crippen LogP contribution >= 0.6 is 0 Å². The van der Waals surface area contributed by atoms with Crippen LogP contribution in [0.1, 0.15) is 28.5 Å². The maximum atomic E-state index is 11.2. The Morgan fingerprint density at radius 3 is 2.84 bits per heavy atom. The van der Waals surface area contributed by atoms with Crippen molar-refractivity contribution in [3.8, 4) is 11.8 Å². The molecule has 6 nitrogen and oxygen atoms in total. The highest BCUT2D eigenvalue weighted by Gasteiger charge is 2.05. The van der Waals surface area contributed by atoms with Crippen molar-refractivity contribution in [3.05, 3.63) is 29.1 Å². The first-order valence-electron chi connectivity index (χ1n) is 5.50. The van der Waals surface area contributed by atoms with E-state index in [1.165, 1.54) is 20.2 Å². The molecule has 1 aromatic rings. The average Bonchev–Trinajstić information content (AvgIpc) is 2.42. The van der Waals surface area contributed by atoms with Gasteiger partial charge in [-0.25, -0.2) is 4.79 Å². The summed E-state index contributed by atoms with van der Waals surface area (Å²) >= 11 is 0. The molecule has 1 aromatic heterocycles. The Balaban J connectivity index is 2.86. The number of pyridine rings is 1. The van der Waals surface area contributed by atoms with E-state index >= 15 is 0 Å². The molecule has 0 saturated carbocycles. The number of ketones is 1. The lowest BCUT2D eigenvalue weighted by Gasteiger charge is -2.02. The largest absolute Gasteiger partial charge is 0.453 e. The van der Waals surface area contributed by atoms with Gasteiger partial charge in [0.25, 0.3) is 0 Å². The highest BCUT2D eigenvalue weighted by Crippen LogP contribution is 2.08. The maximum absolute atomic E-state index is 11.2. The summed E-state index contributed by atoms with van der Waals surface area (Å²) in [5, 5.41) is 11.5. The molecule has 0 unspecified atom stereocenters. The molecule has 1 rings (SSSR count). The van der Waals surface area contributed by atoms with Gasteiger partial charge in [0.2, 0.25) is 0 Å². The zero-order valence-corrected chi connectivity index (χ0v) is 10.7. The summed E-state index contributed by atoms with van der Waals surface area (Å²) < 4.78 is 4.38. The lowest BCUT2D eigenvalue weighted by Crippen LogP contribution is -2.23. The van der Waals surface area contributed by atoms with Crippen LogP contribution < -0.4 is 5.32 Å². The van der Waals surface area contributed by atoms with Crippen molar-refractivity contribution >= 4 is 11.9 Å². The zero-order valence-electron chi connectivity index (χ0n) is 10.7. The molecular formula is C13H14N2O4. The van der Waals surface area contributed by atoms with E-state index in [1.807, 2.05) is 0 Å². The standard InChI is InChI=1S/C13H14N2O4/c1-9(17)11-6-10(12(8-16)15-7-11)4-3-5-14-13(18)19-2/h6-7,16H,5,8H2,1-2H3,(H,14,18). The summed E-state index contributed by atoms with van der Waals surface area (Å²) in [6.07, 6.45) is 0.818. The van der Waals surface area contributed by atoms with E-state index in [4.69, 9.17) is 5.11 Å². The molecular weight excluding hydrogens is 248 g/mol. The molecule has 0 aliphatic carbocycles. The van der Waals surface area contributed by atoms with Gasteiger partial charge in [-0.1, -0.05) is 11.8 Å². The Kier molecular flexibility index (Phi) is 5.51. The Bertz CT molecular complexity index is 543. The molecule has 2 N–H and O–H groups in total. The van der Waals surface area contributed by atoms with Gasteiger partial charge >= 0.3 is 6.09 Å². The number of aromatic nitrogens is 1. The molecule has 0 aromatic carbocycles. The van der Waals surface area contributed by atoms with E-state index in [9.17, 15) is 9.59 Å². The number of hydrogen-bond donors (Lipinski definition) is 2. The number of carbonyl (C=O) groups excluding carboxylic acids is 2. The topological polar surface area (TPSA) is 88.5 Å². The number of aliphatic hydroxyl groups is 1. The van der Waals surface area contributed by atoms with Crippen LogP contribution in [0.5, 0.6) is 0 Å². The molecule has 0 radical (unpaired) electrons. The molecule has 0 spiro atoms. The number of carbonyl (C=O) groups is 2. The predicted octanol–water partition coefficient (Wildman–Crippen LogP) is 0.484. The number of rotatable bonds is 3. The summed E-state index contributed by atoms with van der Waals surface area (Å²) in [6.45, 7) is 1.25. The minimum Gasteiger partial charge on any atom is -0.453 e. The van der Waals surface area contributed by atoms with Crippen LogP contribution in [-0.4, -0.2) is 35.6 Å². The molecule has 0 saturated heterocycles. The van der Waals surface area contributed by atoms with Crippen LogP contribution in [0.4, 0.5) is 4.79 Å². The second kappa shape index (κ2) is 7.13. The van der Waals surface area contributed by atoms with Crippen molar-refractivity contribution in [1.29, 1.82) is 0 Å². The minimum absolute atomic E-state index is 0.0990. The number of alkyl carbamates (subject to hydrolysis) is 1. The van der Waals surface area contributed by atoms with E-state index in [1.54, 1.807) is 6.07 Å². The van der Waals surface area contributed by atoms with Gasteiger partial charge in [0.05, 0.1) is 26.0 Å². The number of nitrogens with one attached hydrogen (secondary N) is 1. The number of ether oxygens (including phenoxy) is 1. The van der Waals surface area contributed by atoms with Crippen LogP contribution in [0.3, 0.4) is 0 Å². The molecule has 0 fully saturated rings. The normalized spacial score (nSPS) is 9.21. The Morgan fingerprint density at radius 2 is 2.26 bits per heavy atom. The number of aliphatic hydroxyl groups excluding tert-OH is 1. The third-order valence-corrected chi connectivity index (χ3v) is 2.26. The third kappa shape index (κ3) is 4.41. The second-order valence-corrected chi connectivity index (χ2v) is 3.58. The number of hydrogen-bond acceptors (Lipinski definition) is 5. The smallest absolute Gasteiger partial charge is 0.407 e. The minimum atomic E-state index is -0.577. The van der Waals surface area contributed by atoms with Gasteiger partial charge < -0.3 is 15.2 Å². The first-order chi connectivity index (χ1) is 9.08. The molecule has 0 bridgehead atoms. The molecule has 6 heteroatoms. The lowest BCUT2D eigenvalue weighted by molar-refractivity contribution is 0.101. The van der Waals surface area contributed by atoms with Gasteiger partial charge in [0.15, 0.2) is 5.78 Å². The van der Waals surface area contributed by atoms with Crippen LogP contribution in [0.15, 0.2) is 12.3 Å². The molecule has 0 aliphatic heterocycles. The number of nitrogens with zero attached hydrogens (tertiary/aromatic N) is 1. The Labute approximate surface area is 110 Å². The SMILES string of the molecule is COC(=O)NCC#Cc1cc(C(C)=O)cnc1CO. The molecule has 0 aliphatic rings. The maximum Gasteiger partial charge on any atom is 0.407 e. The van der Waals surface area contributed by atoms with Crippen molar-refractivity contribution in [1.82, 2.24) is 10.3 Å².